The Morgan fingerprint density at radius 2 is 1.00 bits per heavy atom. The fourth-order valence-corrected chi connectivity index (χ4v) is 5.79. The van der Waals surface area contributed by atoms with E-state index in [0.717, 1.165) is 17.1 Å². The van der Waals surface area contributed by atoms with Gasteiger partial charge in [-0.15, -0.1) is 0 Å². The summed E-state index contributed by atoms with van der Waals surface area (Å²) >= 11 is 0. The minimum atomic E-state index is 0.912. The number of ether oxygens (including phenoxy) is 1. The van der Waals surface area contributed by atoms with Crippen LogP contribution >= 0.6 is 0 Å². The van der Waals surface area contributed by atoms with Gasteiger partial charge in [0.05, 0.1) is 0 Å². The monoisotopic (exact) mass is 470 g/mol. The molecule has 0 amide bonds. The quantitative estimate of drug-likeness (QED) is 0.228. The highest BCUT2D eigenvalue weighted by Gasteiger charge is 2.20. The van der Waals surface area contributed by atoms with Crippen molar-refractivity contribution < 1.29 is 4.74 Å². The number of fused-ring (bicyclic) bond motifs is 5. The molecule has 1 heterocycles. The Balaban J connectivity index is 1.17. The molecule has 7 aromatic rings. The first kappa shape index (κ1) is 20.3. The van der Waals surface area contributed by atoms with Gasteiger partial charge in [0.1, 0.15) is 11.5 Å². The zero-order valence-corrected chi connectivity index (χ0v) is 20.1. The van der Waals surface area contributed by atoms with Gasteiger partial charge in [0.25, 0.3) is 0 Å². The standard InChI is InChI=1S/C36H22O/c1-2-8-30-25(5-1)15-16-29-21-27(17-19-31(29)30)23-11-13-24(14-12-23)28-18-20-34-33(22-28)32-9-3-6-26-7-4-10-35(37-34)36(26)32/h1-22H. The summed E-state index contributed by atoms with van der Waals surface area (Å²) in [6.07, 6.45) is 0. The van der Waals surface area contributed by atoms with E-state index in [-0.39, 0.29) is 0 Å². The molecule has 0 aliphatic carbocycles. The lowest BCUT2D eigenvalue weighted by atomic mass is 9.92. The zero-order valence-electron chi connectivity index (χ0n) is 20.1. The van der Waals surface area contributed by atoms with E-state index in [9.17, 15) is 0 Å². The van der Waals surface area contributed by atoms with Crippen molar-refractivity contribution in [3.63, 3.8) is 0 Å². The first-order chi connectivity index (χ1) is 18.3. The van der Waals surface area contributed by atoms with Crippen LogP contribution in [0.25, 0.3) is 65.7 Å². The summed E-state index contributed by atoms with van der Waals surface area (Å²) in [5, 5.41) is 7.54. The Morgan fingerprint density at radius 1 is 0.351 bits per heavy atom. The van der Waals surface area contributed by atoms with E-state index < -0.39 is 0 Å². The van der Waals surface area contributed by atoms with E-state index in [1.165, 1.54) is 60.1 Å². The van der Waals surface area contributed by atoms with Crippen LogP contribution in [-0.4, -0.2) is 0 Å². The minimum Gasteiger partial charge on any atom is -0.456 e. The number of rotatable bonds is 2. The smallest absolute Gasteiger partial charge is 0.135 e. The Labute approximate surface area is 215 Å². The van der Waals surface area contributed by atoms with Crippen LogP contribution in [0.3, 0.4) is 0 Å². The maximum atomic E-state index is 6.28. The third-order valence-electron chi connectivity index (χ3n) is 7.65. The van der Waals surface area contributed by atoms with Gasteiger partial charge in [-0.1, -0.05) is 109 Å². The van der Waals surface area contributed by atoms with Gasteiger partial charge in [0.2, 0.25) is 0 Å². The lowest BCUT2D eigenvalue weighted by molar-refractivity contribution is 0.487. The first-order valence-corrected chi connectivity index (χ1v) is 12.7. The third-order valence-corrected chi connectivity index (χ3v) is 7.65. The molecule has 0 saturated heterocycles. The molecule has 1 heteroatoms. The lowest BCUT2D eigenvalue weighted by Gasteiger charge is -2.22. The van der Waals surface area contributed by atoms with Crippen molar-refractivity contribution in [2.75, 3.05) is 0 Å². The molecule has 0 radical (unpaired) electrons. The van der Waals surface area contributed by atoms with Crippen molar-refractivity contribution in [1.82, 2.24) is 0 Å². The Morgan fingerprint density at radius 3 is 1.86 bits per heavy atom. The number of hydrogen-bond donors (Lipinski definition) is 0. The molecular weight excluding hydrogens is 448 g/mol. The number of hydrogen-bond acceptors (Lipinski definition) is 1. The average molecular weight is 471 g/mol. The maximum Gasteiger partial charge on any atom is 0.135 e. The van der Waals surface area contributed by atoms with Gasteiger partial charge in [-0.25, -0.2) is 0 Å². The van der Waals surface area contributed by atoms with Crippen LogP contribution in [0, 0.1) is 0 Å². The summed E-state index contributed by atoms with van der Waals surface area (Å²) in [5.74, 6) is 1.84. The molecule has 0 saturated carbocycles. The molecule has 37 heavy (non-hydrogen) atoms. The van der Waals surface area contributed by atoms with Gasteiger partial charge in [-0.3, -0.25) is 0 Å². The summed E-state index contributed by atoms with van der Waals surface area (Å²) in [5.41, 5.74) is 7.22. The highest BCUT2D eigenvalue weighted by molar-refractivity contribution is 6.08. The third kappa shape index (κ3) is 3.18. The van der Waals surface area contributed by atoms with Gasteiger partial charge in [0, 0.05) is 10.9 Å². The van der Waals surface area contributed by atoms with Crippen LogP contribution in [-0.2, 0) is 0 Å². The van der Waals surface area contributed by atoms with E-state index in [0.29, 0.717) is 0 Å². The van der Waals surface area contributed by atoms with Crippen molar-refractivity contribution in [2.24, 2.45) is 0 Å². The molecule has 1 nitrogen and oxygen atoms in total. The Hall–Kier alpha value is -4.88. The second kappa shape index (κ2) is 7.81. The van der Waals surface area contributed by atoms with Crippen molar-refractivity contribution >= 4 is 32.3 Å². The van der Waals surface area contributed by atoms with Crippen molar-refractivity contribution in [1.29, 1.82) is 0 Å². The minimum absolute atomic E-state index is 0.912. The summed E-state index contributed by atoms with van der Waals surface area (Å²) in [6.45, 7) is 0. The average Bonchev–Trinajstić information content (AvgIpc) is 2.97. The molecule has 0 atom stereocenters. The molecule has 7 aromatic carbocycles. The molecule has 0 spiro atoms. The van der Waals surface area contributed by atoms with Gasteiger partial charge >= 0.3 is 0 Å². The largest absolute Gasteiger partial charge is 0.456 e. The second-order valence-electron chi connectivity index (χ2n) is 9.77. The highest BCUT2D eigenvalue weighted by Crippen LogP contribution is 2.47. The van der Waals surface area contributed by atoms with Crippen molar-refractivity contribution in [3.8, 4) is 44.9 Å². The van der Waals surface area contributed by atoms with Crippen molar-refractivity contribution in [2.45, 2.75) is 0 Å². The second-order valence-corrected chi connectivity index (χ2v) is 9.77. The SMILES string of the molecule is c1cc2c3c(cccc3c1)-c1cc(-c3ccc(-c4ccc5c(ccc6ccccc65)c4)cc3)ccc1O2. The summed E-state index contributed by atoms with van der Waals surface area (Å²) < 4.78 is 6.28. The molecule has 0 fully saturated rings. The highest BCUT2D eigenvalue weighted by atomic mass is 16.5. The Kier molecular flexibility index (Phi) is 4.29. The van der Waals surface area contributed by atoms with E-state index in [1.54, 1.807) is 0 Å². The van der Waals surface area contributed by atoms with Crippen LogP contribution in [0.15, 0.2) is 133 Å². The normalized spacial score (nSPS) is 12.0. The first-order valence-electron chi connectivity index (χ1n) is 12.7. The lowest BCUT2D eigenvalue weighted by Crippen LogP contribution is -1.97. The number of benzene rings is 7. The molecule has 1 aliphatic heterocycles. The fourth-order valence-electron chi connectivity index (χ4n) is 5.79. The predicted molar refractivity (Wildman–Crippen MR) is 155 cm³/mol. The molecule has 172 valence electrons. The predicted octanol–water partition coefficient (Wildman–Crippen LogP) is 10.3. The van der Waals surface area contributed by atoms with E-state index in [4.69, 9.17) is 4.74 Å². The maximum absolute atomic E-state index is 6.28. The van der Waals surface area contributed by atoms with E-state index in [1.807, 2.05) is 0 Å². The molecule has 0 N–H and O–H groups in total. The van der Waals surface area contributed by atoms with Crippen LogP contribution in [0.2, 0.25) is 0 Å². The molecule has 8 rings (SSSR count). The van der Waals surface area contributed by atoms with Crippen LogP contribution in [0.1, 0.15) is 0 Å². The van der Waals surface area contributed by atoms with Gasteiger partial charge < -0.3 is 4.74 Å². The zero-order chi connectivity index (χ0) is 24.3. The topological polar surface area (TPSA) is 9.23 Å². The molecule has 0 aromatic heterocycles. The van der Waals surface area contributed by atoms with E-state index in [2.05, 4.69) is 133 Å². The summed E-state index contributed by atoms with van der Waals surface area (Å²) in [4.78, 5) is 0. The molecular formula is C36H22O. The van der Waals surface area contributed by atoms with Crippen LogP contribution < -0.4 is 4.74 Å². The van der Waals surface area contributed by atoms with Gasteiger partial charge in [-0.2, -0.15) is 0 Å². The van der Waals surface area contributed by atoms with Crippen molar-refractivity contribution in [3.05, 3.63) is 133 Å². The van der Waals surface area contributed by atoms with Gasteiger partial charge in [-0.05, 0) is 79.0 Å². The van der Waals surface area contributed by atoms with Crippen LogP contribution in [0.4, 0.5) is 0 Å². The molecule has 0 unspecified atom stereocenters. The summed E-state index contributed by atoms with van der Waals surface area (Å²) in [6, 6.07) is 47.9. The van der Waals surface area contributed by atoms with Crippen LogP contribution in [0.5, 0.6) is 11.5 Å². The van der Waals surface area contributed by atoms with E-state index >= 15 is 0 Å². The molecule has 0 bridgehead atoms. The Bertz CT molecular complexity index is 1990. The summed E-state index contributed by atoms with van der Waals surface area (Å²) in [7, 11) is 0. The fraction of sp³-hybridized carbons (Fsp3) is 0. The van der Waals surface area contributed by atoms with Gasteiger partial charge in [0.15, 0.2) is 0 Å². The molecule has 1 aliphatic rings.